The molecular formula is C12H12N2O. The van der Waals surface area contributed by atoms with Crippen molar-refractivity contribution in [3.05, 3.63) is 52.1 Å². The second-order valence-electron chi connectivity index (χ2n) is 3.54. The molecule has 0 atom stereocenters. The van der Waals surface area contributed by atoms with Gasteiger partial charge in [-0.05, 0) is 31.0 Å². The van der Waals surface area contributed by atoms with Crippen LogP contribution in [0.15, 0.2) is 35.3 Å². The number of benzene rings is 1. The minimum atomic E-state index is -0.312. The van der Waals surface area contributed by atoms with Crippen LogP contribution in [-0.4, -0.2) is 9.97 Å². The second-order valence-corrected chi connectivity index (χ2v) is 3.54. The van der Waals surface area contributed by atoms with E-state index in [0.717, 1.165) is 11.3 Å². The number of aryl methyl sites for hydroxylation is 1. The zero-order valence-corrected chi connectivity index (χ0v) is 8.74. The van der Waals surface area contributed by atoms with Crippen LogP contribution in [0.4, 0.5) is 0 Å². The largest absolute Gasteiger partial charge is 0.345 e. The second kappa shape index (κ2) is 3.69. The molecule has 2 aromatic rings. The number of hydrogen-bond acceptors (Lipinski definition) is 2. The fourth-order valence-electron chi connectivity index (χ4n) is 1.57. The first-order valence-electron chi connectivity index (χ1n) is 4.80. The predicted octanol–water partition coefficient (Wildman–Crippen LogP) is 2.05. The molecule has 1 aromatic heterocycles. The molecule has 15 heavy (non-hydrogen) atoms. The molecule has 0 spiro atoms. The highest BCUT2D eigenvalue weighted by molar-refractivity contribution is 5.64. The number of H-pyrrole nitrogens is 1. The first-order valence-corrected chi connectivity index (χ1v) is 4.80. The number of nitrogens with one attached hydrogen (secondary N) is 1. The fraction of sp³-hybridized carbons (Fsp3) is 0.167. The lowest BCUT2D eigenvalue weighted by Crippen LogP contribution is -2.09. The molecule has 0 aliphatic heterocycles. The molecule has 0 aliphatic carbocycles. The van der Waals surface area contributed by atoms with Crippen molar-refractivity contribution in [2.75, 3.05) is 0 Å². The van der Waals surface area contributed by atoms with Crippen molar-refractivity contribution < 1.29 is 0 Å². The van der Waals surface area contributed by atoms with Crippen LogP contribution in [0.25, 0.3) is 11.3 Å². The van der Waals surface area contributed by atoms with E-state index in [2.05, 4.69) is 23.0 Å². The third kappa shape index (κ3) is 1.81. The van der Waals surface area contributed by atoms with Gasteiger partial charge in [-0.2, -0.15) is 0 Å². The van der Waals surface area contributed by atoms with E-state index in [-0.39, 0.29) is 5.69 Å². The monoisotopic (exact) mass is 200 g/mol. The highest BCUT2D eigenvalue weighted by Crippen LogP contribution is 2.22. The van der Waals surface area contributed by atoms with Crippen molar-refractivity contribution in [1.82, 2.24) is 9.97 Å². The summed E-state index contributed by atoms with van der Waals surface area (Å²) < 4.78 is 0. The van der Waals surface area contributed by atoms with E-state index in [1.807, 2.05) is 25.1 Å². The zero-order valence-electron chi connectivity index (χ0n) is 8.74. The number of hydrogen-bond donors (Lipinski definition) is 1. The van der Waals surface area contributed by atoms with Crippen molar-refractivity contribution in [3.63, 3.8) is 0 Å². The van der Waals surface area contributed by atoms with E-state index in [4.69, 9.17) is 0 Å². The Morgan fingerprint density at radius 1 is 1.20 bits per heavy atom. The summed E-state index contributed by atoms with van der Waals surface area (Å²) in [5.41, 5.74) is 3.95. The molecule has 0 aliphatic rings. The lowest BCUT2D eigenvalue weighted by atomic mass is 10.0. The number of aromatic nitrogens is 2. The van der Waals surface area contributed by atoms with Gasteiger partial charge in [0, 0.05) is 11.8 Å². The summed E-state index contributed by atoms with van der Waals surface area (Å²) >= 11 is 0. The van der Waals surface area contributed by atoms with Crippen molar-refractivity contribution in [2.45, 2.75) is 13.8 Å². The molecule has 0 bridgehead atoms. The van der Waals surface area contributed by atoms with E-state index < -0.39 is 0 Å². The quantitative estimate of drug-likeness (QED) is 0.765. The summed E-state index contributed by atoms with van der Waals surface area (Å²) in [5, 5.41) is 0. The maximum absolute atomic E-state index is 11.1. The molecule has 1 heterocycles. The summed E-state index contributed by atoms with van der Waals surface area (Å²) in [6.07, 6.45) is 1.52. The van der Waals surface area contributed by atoms with Gasteiger partial charge in [0.25, 0.3) is 0 Å². The minimum absolute atomic E-state index is 0.312. The molecule has 76 valence electrons. The van der Waals surface area contributed by atoms with Gasteiger partial charge < -0.3 is 4.98 Å². The number of rotatable bonds is 1. The maximum Gasteiger partial charge on any atom is 0.345 e. The van der Waals surface area contributed by atoms with Gasteiger partial charge in [0.05, 0.1) is 5.69 Å². The Morgan fingerprint density at radius 2 is 2.00 bits per heavy atom. The molecule has 0 radical (unpaired) electrons. The van der Waals surface area contributed by atoms with Crippen molar-refractivity contribution in [2.24, 2.45) is 0 Å². The van der Waals surface area contributed by atoms with Crippen molar-refractivity contribution in [3.8, 4) is 11.3 Å². The SMILES string of the molecule is Cc1cccc(-c2ccnc(=O)[nH]2)c1C. The smallest absolute Gasteiger partial charge is 0.305 e. The Bertz CT molecular complexity index is 543. The molecule has 1 aromatic carbocycles. The Balaban J connectivity index is 2.64. The van der Waals surface area contributed by atoms with Gasteiger partial charge in [-0.25, -0.2) is 9.78 Å². The van der Waals surface area contributed by atoms with Gasteiger partial charge in [-0.15, -0.1) is 0 Å². The van der Waals surface area contributed by atoms with E-state index >= 15 is 0 Å². The molecule has 0 fully saturated rings. The summed E-state index contributed by atoms with van der Waals surface area (Å²) in [6.45, 7) is 4.10. The first kappa shape index (κ1) is 9.65. The number of nitrogens with zero attached hydrogens (tertiary/aromatic N) is 1. The van der Waals surface area contributed by atoms with Gasteiger partial charge in [0.1, 0.15) is 0 Å². The summed E-state index contributed by atoms with van der Waals surface area (Å²) in [7, 11) is 0. The third-order valence-corrected chi connectivity index (χ3v) is 2.57. The van der Waals surface area contributed by atoms with Crippen LogP contribution in [0.3, 0.4) is 0 Å². The molecule has 3 nitrogen and oxygen atoms in total. The van der Waals surface area contributed by atoms with Crippen molar-refractivity contribution >= 4 is 0 Å². The maximum atomic E-state index is 11.1. The molecule has 1 N–H and O–H groups in total. The van der Waals surface area contributed by atoms with Gasteiger partial charge in [-0.1, -0.05) is 18.2 Å². The van der Waals surface area contributed by atoms with E-state index in [9.17, 15) is 4.79 Å². The summed E-state index contributed by atoms with van der Waals surface area (Å²) in [5.74, 6) is 0. The third-order valence-electron chi connectivity index (χ3n) is 2.57. The highest BCUT2D eigenvalue weighted by atomic mass is 16.1. The zero-order chi connectivity index (χ0) is 10.8. The van der Waals surface area contributed by atoms with Gasteiger partial charge >= 0.3 is 5.69 Å². The van der Waals surface area contributed by atoms with Crippen LogP contribution < -0.4 is 5.69 Å². The number of aromatic amines is 1. The first-order chi connectivity index (χ1) is 7.18. The summed E-state index contributed by atoms with van der Waals surface area (Å²) in [6, 6.07) is 7.84. The molecule has 0 saturated carbocycles. The van der Waals surface area contributed by atoms with Gasteiger partial charge in [0.15, 0.2) is 0 Å². The van der Waals surface area contributed by atoms with Crippen LogP contribution in [0.2, 0.25) is 0 Å². The van der Waals surface area contributed by atoms with Crippen LogP contribution >= 0.6 is 0 Å². The summed E-state index contributed by atoms with van der Waals surface area (Å²) in [4.78, 5) is 17.4. The topological polar surface area (TPSA) is 45.8 Å². The van der Waals surface area contributed by atoms with Crippen LogP contribution in [0.5, 0.6) is 0 Å². The van der Waals surface area contributed by atoms with Crippen molar-refractivity contribution in [1.29, 1.82) is 0 Å². The predicted molar refractivity (Wildman–Crippen MR) is 59.8 cm³/mol. The van der Waals surface area contributed by atoms with E-state index in [1.54, 1.807) is 0 Å². The normalized spacial score (nSPS) is 10.3. The standard InChI is InChI=1S/C12H12N2O/c1-8-4-3-5-10(9(8)2)11-6-7-13-12(15)14-11/h3-7H,1-2H3,(H,13,14,15). The minimum Gasteiger partial charge on any atom is -0.305 e. The van der Waals surface area contributed by atoms with Gasteiger partial charge in [-0.3, -0.25) is 0 Å². The average molecular weight is 200 g/mol. The lowest BCUT2D eigenvalue weighted by Gasteiger charge is -2.07. The molecule has 2 rings (SSSR count). The Hall–Kier alpha value is -1.90. The Kier molecular flexibility index (Phi) is 2.37. The molecule has 3 heteroatoms. The van der Waals surface area contributed by atoms with Crippen LogP contribution in [0.1, 0.15) is 11.1 Å². The fourth-order valence-corrected chi connectivity index (χ4v) is 1.57. The molecule has 0 unspecified atom stereocenters. The van der Waals surface area contributed by atoms with E-state index in [0.29, 0.717) is 0 Å². The van der Waals surface area contributed by atoms with Crippen LogP contribution in [-0.2, 0) is 0 Å². The molecule has 0 saturated heterocycles. The molecular weight excluding hydrogens is 188 g/mol. The lowest BCUT2D eigenvalue weighted by molar-refractivity contribution is 1.08. The Labute approximate surface area is 87.8 Å². The Morgan fingerprint density at radius 3 is 2.73 bits per heavy atom. The molecule has 0 amide bonds. The van der Waals surface area contributed by atoms with E-state index in [1.165, 1.54) is 17.3 Å². The highest BCUT2D eigenvalue weighted by Gasteiger charge is 2.03. The average Bonchev–Trinajstić information content (AvgIpc) is 2.22. The van der Waals surface area contributed by atoms with Crippen LogP contribution in [0, 0.1) is 13.8 Å². The van der Waals surface area contributed by atoms with Gasteiger partial charge in [0.2, 0.25) is 0 Å².